The fourth-order valence-electron chi connectivity index (χ4n) is 4.26. The molecule has 0 spiro atoms. The van der Waals surface area contributed by atoms with E-state index in [1.807, 2.05) is 110 Å². The van der Waals surface area contributed by atoms with Crippen LogP contribution in [0.1, 0.15) is 34.0 Å². The van der Waals surface area contributed by atoms with Crippen LogP contribution in [-0.2, 0) is 17.1 Å². The van der Waals surface area contributed by atoms with Crippen LogP contribution >= 0.6 is 11.8 Å². The summed E-state index contributed by atoms with van der Waals surface area (Å²) in [6.45, 7) is 4.79. The number of carbonyl (C=O) groups is 2. The highest BCUT2D eigenvalue weighted by molar-refractivity contribution is 7.98. The van der Waals surface area contributed by atoms with E-state index in [2.05, 4.69) is 32.3 Å². The Morgan fingerprint density at radius 2 is 1.48 bits per heavy atom. The summed E-state index contributed by atoms with van der Waals surface area (Å²) in [5.74, 6) is 1.13. The summed E-state index contributed by atoms with van der Waals surface area (Å²) in [5.41, 5.74) is 6.19. The Kier molecular flexibility index (Phi) is 9.26. The summed E-state index contributed by atoms with van der Waals surface area (Å²) in [6, 6.07) is 32.6. The Labute approximate surface area is 249 Å². The Hall–Kier alpha value is -4.95. The number of hydrogen-bond donors (Lipinski definition) is 2. The third kappa shape index (κ3) is 7.41. The van der Waals surface area contributed by atoms with Crippen molar-refractivity contribution in [3.8, 4) is 11.4 Å². The fourth-order valence-corrected chi connectivity index (χ4v) is 5.22. The minimum absolute atomic E-state index is 0.136. The summed E-state index contributed by atoms with van der Waals surface area (Å²) in [6.07, 6.45) is 3.30. The average Bonchev–Trinajstić information content (AvgIpc) is 3.44. The molecule has 8 heteroatoms. The SMILES string of the molecule is CCn1c(SCc2ccc(C(=O)Nc3ccc(C)cc3)cc2)nnc1-c1ccc(NC(=O)C=Cc2ccccc2)cc1. The Morgan fingerprint density at radius 1 is 0.810 bits per heavy atom. The number of nitrogens with one attached hydrogen (secondary N) is 2. The Morgan fingerprint density at radius 3 is 2.17 bits per heavy atom. The third-order valence-electron chi connectivity index (χ3n) is 6.56. The van der Waals surface area contributed by atoms with Gasteiger partial charge in [0.15, 0.2) is 11.0 Å². The molecule has 4 aromatic carbocycles. The smallest absolute Gasteiger partial charge is 0.255 e. The first-order valence-electron chi connectivity index (χ1n) is 13.7. The van der Waals surface area contributed by atoms with Crippen molar-refractivity contribution < 1.29 is 9.59 Å². The van der Waals surface area contributed by atoms with Gasteiger partial charge in [0.25, 0.3) is 5.91 Å². The molecule has 0 bridgehead atoms. The molecule has 2 N–H and O–H groups in total. The molecule has 0 unspecified atom stereocenters. The van der Waals surface area contributed by atoms with Gasteiger partial charge in [-0.2, -0.15) is 0 Å². The van der Waals surface area contributed by atoms with Crippen LogP contribution in [0.5, 0.6) is 0 Å². The minimum Gasteiger partial charge on any atom is -0.323 e. The molecular formula is C34H31N5O2S. The van der Waals surface area contributed by atoms with Crippen molar-refractivity contribution in [1.29, 1.82) is 0 Å². The predicted octanol–water partition coefficient (Wildman–Crippen LogP) is 7.47. The van der Waals surface area contributed by atoms with Crippen LogP contribution in [0.4, 0.5) is 11.4 Å². The lowest BCUT2D eigenvalue weighted by Gasteiger charge is -2.09. The molecule has 0 saturated heterocycles. The minimum atomic E-state index is -0.193. The van der Waals surface area contributed by atoms with Gasteiger partial charge in [0.1, 0.15) is 0 Å². The molecule has 210 valence electrons. The van der Waals surface area contributed by atoms with Crippen molar-refractivity contribution in [2.24, 2.45) is 0 Å². The molecule has 0 atom stereocenters. The number of hydrogen-bond acceptors (Lipinski definition) is 5. The highest BCUT2D eigenvalue weighted by atomic mass is 32.2. The molecule has 42 heavy (non-hydrogen) atoms. The lowest BCUT2D eigenvalue weighted by molar-refractivity contribution is -0.111. The van der Waals surface area contributed by atoms with E-state index in [0.717, 1.165) is 38.9 Å². The number of aryl methyl sites for hydroxylation is 1. The van der Waals surface area contributed by atoms with Gasteiger partial charge < -0.3 is 15.2 Å². The van der Waals surface area contributed by atoms with E-state index in [9.17, 15) is 9.59 Å². The van der Waals surface area contributed by atoms with Gasteiger partial charge in [-0.05, 0) is 79.6 Å². The molecular weight excluding hydrogens is 542 g/mol. The number of amides is 2. The number of rotatable bonds is 10. The fraction of sp³-hybridized carbons (Fsp3) is 0.118. The third-order valence-corrected chi connectivity index (χ3v) is 7.60. The first-order chi connectivity index (χ1) is 20.5. The summed E-state index contributed by atoms with van der Waals surface area (Å²) in [5, 5.41) is 15.5. The molecule has 0 aliphatic carbocycles. The van der Waals surface area contributed by atoms with Crippen molar-refractivity contribution in [3.05, 3.63) is 131 Å². The van der Waals surface area contributed by atoms with Crippen LogP contribution in [0, 0.1) is 6.92 Å². The van der Waals surface area contributed by atoms with E-state index in [4.69, 9.17) is 0 Å². The van der Waals surface area contributed by atoms with Crippen LogP contribution in [0.15, 0.2) is 114 Å². The number of carbonyl (C=O) groups excluding carboxylic acids is 2. The van der Waals surface area contributed by atoms with E-state index in [1.54, 1.807) is 17.8 Å². The zero-order valence-corrected chi connectivity index (χ0v) is 24.3. The van der Waals surface area contributed by atoms with Crippen molar-refractivity contribution in [3.63, 3.8) is 0 Å². The van der Waals surface area contributed by atoms with Crippen LogP contribution in [-0.4, -0.2) is 26.6 Å². The van der Waals surface area contributed by atoms with Gasteiger partial charge in [0.05, 0.1) is 0 Å². The molecule has 7 nitrogen and oxygen atoms in total. The molecule has 0 aliphatic heterocycles. The van der Waals surface area contributed by atoms with E-state index in [-0.39, 0.29) is 11.8 Å². The van der Waals surface area contributed by atoms with Crippen LogP contribution in [0.2, 0.25) is 0 Å². The average molecular weight is 574 g/mol. The first-order valence-corrected chi connectivity index (χ1v) is 14.6. The van der Waals surface area contributed by atoms with E-state index >= 15 is 0 Å². The zero-order valence-electron chi connectivity index (χ0n) is 23.5. The van der Waals surface area contributed by atoms with Gasteiger partial charge in [0.2, 0.25) is 5.91 Å². The maximum absolute atomic E-state index is 12.6. The van der Waals surface area contributed by atoms with Crippen molar-refractivity contribution in [2.45, 2.75) is 31.3 Å². The van der Waals surface area contributed by atoms with E-state index in [0.29, 0.717) is 23.5 Å². The second-order valence-electron chi connectivity index (χ2n) is 9.67. The standard InChI is InChI=1S/C34H31N5O2S/c1-3-39-32(27-16-20-29(21-17-27)35-31(40)22-13-25-7-5-4-6-8-25)37-38-34(39)42-23-26-11-14-28(15-12-26)33(41)36-30-18-9-24(2)10-19-30/h4-22H,3,23H2,1-2H3,(H,35,40)(H,36,41). The lowest BCUT2D eigenvalue weighted by Crippen LogP contribution is -2.11. The second kappa shape index (κ2) is 13.6. The second-order valence-corrected chi connectivity index (χ2v) is 10.6. The van der Waals surface area contributed by atoms with Crippen molar-refractivity contribution in [2.75, 3.05) is 10.6 Å². The monoisotopic (exact) mass is 573 g/mol. The summed E-state index contributed by atoms with van der Waals surface area (Å²) in [4.78, 5) is 24.9. The molecule has 0 aliphatic rings. The molecule has 1 aromatic heterocycles. The van der Waals surface area contributed by atoms with Gasteiger partial charge in [-0.3, -0.25) is 9.59 Å². The maximum Gasteiger partial charge on any atom is 0.255 e. The lowest BCUT2D eigenvalue weighted by atomic mass is 10.1. The molecule has 1 heterocycles. The van der Waals surface area contributed by atoms with Gasteiger partial charge in [-0.15, -0.1) is 10.2 Å². The first kappa shape index (κ1) is 28.6. The zero-order chi connectivity index (χ0) is 29.3. The largest absolute Gasteiger partial charge is 0.323 e. The summed E-state index contributed by atoms with van der Waals surface area (Å²) in [7, 11) is 0. The number of benzene rings is 4. The molecule has 2 amide bonds. The molecule has 0 radical (unpaired) electrons. The summed E-state index contributed by atoms with van der Waals surface area (Å²) >= 11 is 1.60. The summed E-state index contributed by atoms with van der Waals surface area (Å²) < 4.78 is 2.07. The molecule has 0 fully saturated rings. The van der Waals surface area contributed by atoms with Crippen molar-refractivity contribution in [1.82, 2.24) is 14.8 Å². The highest BCUT2D eigenvalue weighted by Crippen LogP contribution is 2.27. The number of nitrogens with zero attached hydrogens (tertiary/aromatic N) is 3. The molecule has 0 saturated carbocycles. The number of aromatic nitrogens is 3. The topological polar surface area (TPSA) is 88.9 Å². The normalized spacial score (nSPS) is 11.0. The van der Waals surface area contributed by atoms with Gasteiger partial charge in [-0.25, -0.2) is 0 Å². The van der Waals surface area contributed by atoms with Gasteiger partial charge >= 0.3 is 0 Å². The maximum atomic E-state index is 12.6. The van der Waals surface area contributed by atoms with Crippen molar-refractivity contribution >= 4 is 41.0 Å². The number of thioether (sulfide) groups is 1. The quantitative estimate of drug-likeness (QED) is 0.134. The predicted molar refractivity (Wildman–Crippen MR) is 170 cm³/mol. The van der Waals surface area contributed by atoms with Crippen LogP contribution < -0.4 is 10.6 Å². The van der Waals surface area contributed by atoms with Crippen LogP contribution in [0.3, 0.4) is 0 Å². The van der Waals surface area contributed by atoms with Gasteiger partial charge in [0, 0.05) is 40.9 Å². The van der Waals surface area contributed by atoms with Crippen LogP contribution in [0.25, 0.3) is 17.5 Å². The molecule has 5 rings (SSSR count). The van der Waals surface area contributed by atoms with E-state index in [1.165, 1.54) is 6.08 Å². The Bertz CT molecular complexity index is 1680. The molecule has 5 aromatic rings. The Balaban J connectivity index is 1.18. The highest BCUT2D eigenvalue weighted by Gasteiger charge is 2.14. The number of anilines is 2. The van der Waals surface area contributed by atoms with Gasteiger partial charge in [-0.1, -0.05) is 71.9 Å². The van der Waals surface area contributed by atoms with E-state index < -0.39 is 0 Å².